The van der Waals surface area contributed by atoms with E-state index < -0.39 is 12.4 Å². The summed E-state index contributed by atoms with van der Waals surface area (Å²) in [5.74, 6) is -0.235. The highest BCUT2D eigenvalue weighted by Gasteiger charge is 2.21. The Labute approximate surface area is 184 Å². The number of primary amides is 1. The number of benzene rings is 1. The smallest absolute Gasteiger partial charge is 0.387 e. The Kier molecular flexibility index (Phi) is 8.09. The average Bonchev–Trinajstić information content (AvgIpc) is 2.74. The van der Waals surface area contributed by atoms with Crippen molar-refractivity contribution in [1.82, 2.24) is 14.9 Å². The summed E-state index contributed by atoms with van der Waals surface area (Å²) in [6, 6.07) is 6.15. The Morgan fingerprint density at radius 2 is 1.97 bits per heavy atom. The predicted octanol–water partition coefficient (Wildman–Crippen LogP) is 2.46. The Morgan fingerprint density at radius 1 is 1.28 bits per heavy atom. The van der Waals surface area contributed by atoms with Crippen molar-refractivity contribution in [1.29, 1.82) is 0 Å². The zero-order valence-corrected chi connectivity index (χ0v) is 17.8. The molecule has 32 heavy (non-hydrogen) atoms. The first kappa shape index (κ1) is 23.6. The first-order valence-corrected chi connectivity index (χ1v) is 10.3. The van der Waals surface area contributed by atoms with Crippen LogP contribution in [0.5, 0.6) is 5.75 Å². The number of nitrogens with two attached hydrogens (primary N) is 1. The molecule has 0 bridgehead atoms. The second-order valence-corrected chi connectivity index (χ2v) is 7.81. The summed E-state index contributed by atoms with van der Waals surface area (Å²) in [5, 5.41) is 3.07. The maximum Gasteiger partial charge on any atom is 0.387 e. The minimum absolute atomic E-state index is 0.0616. The molecule has 0 unspecified atom stereocenters. The lowest BCUT2D eigenvalue weighted by atomic mass is 9.97. The van der Waals surface area contributed by atoms with Crippen LogP contribution in [-0.2, 0) is 11.3 Å². The van der Waals surface area contributed by atoms with Gasteiger partial charge in [0.25, 0.3) is 0 Å². The Hall–Kier alpha value is -3.08. The van der Waals surface area contributed by atoms with Crippen LogP contribution < -0.4 is 20.7 Å². The highest BCUT2D eigenvalue weighted by molar-refractivity contribution is 5.75. The molecule has 1 aromatic carbocycles. The zero-order chi connectivity index (χ0) is 23.1. The minimum atomic E-state index is -2.88. The van der Waals surface area contributed by atoms with E-state index in [-0.39, 0.29) is 29.8 Å². The summed E-state index contributed by atoms with van der Waals surface area (Å²) in [6.45, 7) is -0.188. The average molecular weight is 452 g/mol. The van der Waals surface area contributed by atoms with Gasteiger partial charge in [-0.1, -0.05) is 12.1 Å². The minimum Gasteiger partial charge on any atom is -0.435 e. The number of hydrogen-bond acceptors (Lipinski definition) is 7. The van der Waals surface area contributed by atoms with E-state index in [0.29, 0.717) is 19.0 Å². The third-order valence-corrected chi connectivity index (χ3v) is 5.35. The number of carbonyl (C=O) groups excluding carboxylic acids is 1. The lowest BCUT2D eigenvalue weighted by Gasteiger charge is -2.31. The van der Waals surface area contributed by atoms with Gasteiger partial charge in [0.15, 0.2) is 11.6 Å². The van der Waals surface area contributed by atoms with Crippen LogP contribution in [0.3, 0.4) is 0 Å². The van der Waals surface area contributed by atoms with E-state index in [2.05, 4.69) is 20.0 Å². The number of piperidine rings is 1. The van der Waals surface area contributed by atoms with Gasteiger partial charge in [0.2, 0.25) is 11.7 Å². The summed E-state index contributed by atoms with van der Waals surface area (Å²) in [6.07, 6.45) is 3.06. The number of ether oxygens (including phenoxy) is 1. The van der Waals surface area contributed by atoms with Crippen molar-refractivity contribution in [3.05, 3.63) is 42.0 Å². The van der Waals surface area contributed by atoms with Crippen LogP contribution in [0.2, 0.25) is 0 Å². The molecule has 1 amide bonds. The highest BCUT2D eigenvalue weighted by atomic mass is 19.3. The summed E-state index contributed by atoms with van der Waals surface area (Å²) < 4.78 is 43.9. The third kappa shape index (κ3) is 6.71. The lowest BCUT2D eigenvalue weighted by Crippen LogP contribution is -2.40. The monoisotopic (exact) mass is 452 g/mol. The zero-order valence-electron chi connectivity index (χ0n) is 17.8. The Morgan fingerprint density at radius 3 is 2.59 bits per heavy atom. The largest absolute Gasteiger partial charge is 0.435 e. The highest BCUT2D eigenvalue weighted by Crippen LogP contribution is 2.24. The van der Waals surface area contributed by atoms with Crippen LogP contribution in [0.15, 0.2) is 30.6 Å². The van der Waals surface area contributed by atoms with Crippen LogP contribution in [0, 0.1) is 11.7 Å². The first-order chi connectivity index (χ1) is 15.3. The van der Waals surface area contributed by atoms with E-state index >= 15 is 4.39 Å². The summed E-state index contributed by atoms with van der Waals surface area (Å²) in [5.41, 5.74) is 6.02. The number of rotatable bonds is 10. The number of anilines is 2. The fraction of sp³-hybridized carbons (Fsp3) is 0.476. The van der Waals surface area contributed by atoms with Gasteiger partial charge < -0.3 is 20.7 Å². The van der Waals surface area contributed by atoms with Gasteiger partial charge in [0.05, 0.1) is 6.54 Å². The fourth-order valence-electron chi connectivity index (χ4n) is 3.69. The van der Waals surface area contributed by atoms with Gasteiger partial charge in [0.1, 0.15) is 12.1 Å². The topological polar surface area (TPSA) is 96.6 Å². The molecule has 0 atom stereocenters. The number of halogens is 3. The first-order valence-electron chi connectivity index (χ1n) is 10.3. The summed E-state index contributed by atoms with van der Waals surface area (Å²) >= 11 is 0. The van der Waals surface area contributed by atoms with Crippen LogP contribution in [0.4, 0.5) is 24.8 Å². The van der Waals surface area contributed by atoms with Gasteiger partial charge in [-0.2, -0.15) is 13.2 Å². The Bertz CT molecular complexity index is 892. The number of aromatic nitrogens is 2. The normalized spacial score (nSPS) is 15.0. The number of alkyl halides is 2. The van der Waals surface area contributed by atoms with Crippen LogP contribution >= 0.6 is 0 Å². The van der Waals surface area contributed by atoms with E-state index in [0.717, 1.165) is 31.5 Å². The van der Waals surface area contributed by atoms with Crippen molar-refractivity contribution in [3.63, 3.8) is 0 Å². The van der Waals surface area contributed by atoms with E-state index in [1.54, 1.807) is 24.1 Å². The molecule has 0 radical (unpaired) electrons. The van der Waals surface area contributed by atoms with E-state index in [1.165, 1.54) is 18.5 Å². The fourth-order valence-corrected chi connectivity index (χ4v) is 3.69. The molecule has 0 saturated carbocycles. The standard InChI is InChI=1S/C21H27F3N6O2/c1-29(11-15-2-4-16(5-3-15)32-21(23)24)20-18(22)19(27-13-28-20)26-10-14-6-8-30(9-7-14)12-17(25)31/h2-5,13-14,21H,6-12H2,1H3,(H2,25,31)(H,26,27,28). The molecule has 0 spiro atoms. The van der Waals surface area contributed by atoms with Crippen LogP contribution in [-0.4, -0.2) is 60.6 Å². The van der Waals surface area contributed by atoms with E-state index in [1.807, 2.05) is 4.90 Å². The third-order valence-electron chi connectivity index (χ3n) is 5.35. The quantitative estimate of drug-likeness (QED) is 0.572. The lowest BCUT2D eigenvalue weighted by molar-refractivity contribution is -0.119. The van der Waals surface area contributed by atoms with E-state index in [4.69, 9.17) is 5.73 Å². The predicted molar refractivity (Wildman–Crippen MR) is 114 cm³/mol. The maximum atomic E-state index is 15.0. The Balaban J connectivity index is 1.55. The van der Waals surface area contributed by atoms with E-state index in [9.17, 15) is 13.6 Å². The molecule has 11 heteroatoms. The molecular weight excluding hydrogens is 425 g/mol. The van der Waals surface area contributed by atoms with Crippen LogP contribution in [0.25, 0.3) is 0 Å². The van der Waals surface area contributed by atoms with Gasteiger partial charge in [-0.25, -0.2) is 9.97 Å². The molecule has 3 N–H and O–H groups in total. The van der Waals surface area contributed by atoms with Crippen molar-refractivity contribution in [2.24, 2.45) is 11.7 Å². The molecule has 1 aromatic heterocycles. The molecule has 1 fully saturated rings. The number of nitrogens with one attached hydrogen (secondary N) is 1. The van der Waals surface area contributed by atoms with Crippen LogP contribution in [0.1, 0.15) is 18.4 Å². The van der Waals surface area contributed by atoms with Gasteiger partial charge in [0, 0.05) is 20.1 Å². The second kappa shape index (κ2) is 11.0. The number of amides is 1. The van der Waals surface area contributed by atoms with Crippen molar-refractivity contribution in [2.75, 3.05) is 43.4 Å². The molecule has 3 rings (SSSR count). The molecule has 1 saturated heterocycles. The molecule has 0 aliphatic carbocycles. The molecule has 1 aliphatic heterocycles. The van der Waals surface area contributed by atoms with Crippen molar-refractivity contribution >= 4 is 17.5 Å². The van der Waals surface area contributed by atoms with Gasteiger partial charge in [-0.05, 0) is 49.5 Å². The second-order valence-electron chi connectivity index (χ2n) is 7.81. The number of carbonyl (C=O) groups is 1. The van der Waals surface area contributed by atoms with Crippen molar-refractivity contribution < 1.29 is 22.7 Å². The van der Waals surface area contributed by atoms with Crippen molar-refractivity contribution in [2.45, 2.75) is 26.0 Å². The van der Waals surface area contributed by atoms with Gasteiger partial charge in [-0.3, -0.25) is 9.69 Å². The SMILES string of the molecule is CN(Cc1ccc(OC(F)F)cc1)c1ncnc(NCC2CCN(CC(N)=O)CC2)c1F. The van der Waals surface area contributed by atoms with Gasteiger partial charge >= 0.3 is 6.61 Å². The molecule has 2 aromatic rings. The molecule has 174 valence electrons. The summed E-state index contributed by atoms with van der Waals surface area (Å²) in [7, 11) is 1.69. The number of hydrogen-bond donors (Lipinski definition) is 2. The molecule has 8 nitrogen and oxygen atoms in total. The summed E-state index contributed by atoms with van der Waals surface area (Å²) in [4.78, 5) is 22.7. The number of likely N-dealkylation sites (tertiary alicyclic amines) is 1. The molecule has 2 heterocycles. The molecular formula is C21H27F3N6O2. The maximum absolute atomic E-state index is 15.0. The molecule has 1 aliphatic rings. The number of nitrogens with zero attached hydrogens (tertiary/aromatic N) is 4. The van der Waals surface area contributed by atoms with Gasteiger partial charge in [-0.15, -0.1) is 0 Å². The van der Waals surface area contributed by atoms with Crippen molar-refractivity contribution in [3.8, 4) is 5.75 Å².